The van der Waals surface area contributed by atoms with Crippen molar-refractivity contribution in [1.29, 1.82) is 0 Å². The average Bonchev–Trinajstić information content (AvgIpc) is 2.79. The van der Waals surface area contributed by atoms with Crippen LogP contribution in [0.4, 0.5) is 5.95 Å². The second-order valence-corrected chi connectivity index (χ2v) is 6.01. The summed E-state index contributed by atoms with van der Waals surface area (Å²) < 4.78 is 10.0. The number of fused-ring (bicyclic) bond motifs is 1. The van der Waals surface area contributed by atoms with Crippen molar-refractivity contribution in [2.75, 3.05) is 18.0 Å². The van der Waals surface area contributed by atoms with Crippen LogP contribution in [0.5, 0.6) is 0 Å². The minimum absolute atomic E-state index is 0.0928. The number of morpholine rings is 1. The van der Waals surface area contributed by atoms with E-state index < -0.39 is 0 Å². The Morgan fingerprint density at radius 2 is 1.59 bits per heavy atom. The van der Waals surface area contributed by atoms with E-state index in [9.17, 15) is 9.59 Å². The van der Waals surface area contributed by atoms with Gasteiger partial charge in [0.25, 0.3) is 5.56 Å². The first-order valence-corrected chi connectivity index (χ1v) is 7.34. The molecule has 2 atom stereocenters. The minimum Gasteiger partial charge on any atom is -0.372 e. The molecule has 2 aromatic rings. The second-order valence-electron chi connectivity index (χ2n) is 6.01. The summed E-state index contributed by atoms with van der Waals surface area (Å²) in [7, 11) is 4.92. The topological polar surface area (TPSA) is 74.3 Å². The third-order valence-corrected chi connectivity index (χ3v) is 4.15. The maximum absolute atomic E-state index is 12.4. The Morgan fingerprint density at radius 3 is 2.18 bits per heavy atom. The predicted molar refractivity (Wildman–Crippen MR) is 83.4 cm³/mol. The Hall–Kier alpha value is -2.09. The van der Waals surface area contributed by atoms with Gasteiger partial charge in [0.2, 0.25) is 5.95 Å². The molecule has 0 N–H and O–H groups in total. The predicted octanol–water partition coefficient (Wildman–Crippen LogP) is -0.416. The van der Waals surface area contributed by atoms with E-state index in [1.807, 2.05) is 13.8 Å². The van der Waals surface area contributed by atoms with Gasteiger partial charge in [0, 0.05) is 34.2 Å². The van der Waals surface area contributed by atoms with Crippen molar-refractivity contribution in [2.45, 2.75) is 26.1 Å². The molecule has 8 heteroatoms. The summed E-state index contributed by atoms with van der Waals surface area (Å²) in [5.74, 6) is 0.690. The minimum atomic E-state index is -0.370. The van der Waals surface area contributed by atoms with Crippen molar-refractivity contribution in [2.24, 2.45) is 21.1 Å². The van der Waals surface area contributed by atoms with E-state index in [4.69, 9.17) is 4.74 Å². The number of rotatable bonds is 1. The summed E-state index contributed by atoms with van der Waals surface area (Å²) in [6.45, 7) is 5.44. The van der Waals surface area contributed by atoms with E-state index in [2.05, 4.69) is 9.88 Å². The fraction of sp³-hybridized carbons (Fsp3) is 0.643. The molecule has 3 heterocycles. The van der Waals surface area contributed by atoms with Crippen molar-refractivity contribution < 1.29 is 4.74 Å². The molecular formula is C14H21N5O3. The lowest BCUT2D eigenvalue weighted by Crippen LogP contribution is -2.46. The quantitative estimate of drug-likeness (QED) is 0.716. The van der Waals surface area contributed by atoms with E-state index in [-0.39, 0.29) is 23.5 Å². The highest BCUT2D eigenvalue weighted by Crippen LogP contribution is 2.21. The van der Waals surface area contributed by atoms with E-state index in [0.29, 0.717) is 30.2 Å². The van der Waals surface area contributed by atoms with E-state index in [0.717, 1.165) is 4.57 Å². The molecule has 0 aliphatic carbocycles. The molecule has 1 aliphatic rings. The second kappa shape index (κ2) is 4.98. The smallest absolute Gasteiger partial charge is 0.332 e. The number of ether oxygens (including phenoxy) is 1. The van der Waals surface area contributed by atoms with Gasteiger partial charge in [-0.3, -0.25) is 13.9 Å². The monoisotopic (exact) mass is 307 g/mol. The Kier molecular flexibility index (Phi) is 3.36. The van der Waals surface area contributed by atoms with Crippen LogP contribution >= 0.6 is 0 Å². The van der Waals surface area contributed by atoms with Gasteiger partial charge < -0.3 is 14.2 Å². The maximum Gasteiger partial charge on any atom is 0.332 e. The van der Waals surface area contributed by atoms with Crippen molar-refractivity contribution in [3.05, 3.63) is 20.8 Å². The van der Waals surface area contributed by atoms with Gasteiger partial charge in [0.1, 0.15) is 0 Å². The van der Waals surface area contributed by atoms with Crippen LogP contribution in [0, 0.1) is 0 Å². The van der Waals surface area contributed by atoms with E-state index in [1.54, 1.807) is 18.7 Å². The lowest BCUT2D eigenvalue weighted by atomic mass is 10.2. The van der Waals surface area contributed by atoms with Crippen LogP contribution in [0.15, 0.2) is 9.59 Å². The number of anilines is 1. The Labute approximate surface area is 127 Å². The number of hydrogen-bond donors (Lipinski definition) is 0. The van der Waals surface area contributed by atoms with Crippen LogP contribution in [0.25, 0.3) is 11.2 Å². The first kappa shape index (κ1) is 14.8. The molecule has 1 fully saturated rings. The van der Waals surface area contributed by atoms with Gasteiger partial charge in [-0.1, -0.05) is 0 Å². The van der Waals surface area contributed by atoms with Gasteiger partial charge in [-0.05, 0) is 13.8 Å². The fourth-order valence-corrected chi connectivity index (χ4v) is 3.13. The molecule has 1 aliphatic heterocycles. The highest BCUT2D eigenvalue weighted by Gasteiger charge is 2.27. The van der Waals surface area contributed by atoms with E-state index in [1.165, 1.54) is 11.6 Å². The molecule has 2 aromatic heterocycles. The maximum atomic E-state index is 12.4. The Balaban J connectivity index is 2.23. The molecule has 0 aromatic carbocycles. The normalized spacial score (nSPS) is 22.5. The first-order valence-electron chi connectivity index (χ1n) is 7.34. The zero-order valence-corrected chi connectivity index (χ0v) is 13.5. The summed E-state index contributed by atoms with van der Waals surface area (Å²) in [5, 5.41) is 0. The van der Waals surface area contributed by atoms with Crippen molar-refractivity contribution in [3.63, 3.8) is 0 Å². The molecule has 1 saturated heterocycles. The fourth-order valence-electron chi connectivity index (χ4n) is 3.13. The van der Waals surface area contributed by atoms with Gasteiger partial charge in [-0.15, -0.1) is 0 Å². The van der Waals surface area contributed by atoms with Crippen LogP contribution in [0.1, 0.15) is 13.8 Å². The third-order valence-electron chi connectivity index (χ3n) is 4.15. The van der Waals surface area contributed by atoms with E-state index >= 15 is 0 Å². The van der Waals surface area contributed by atoms with Crippen molar-refractivity contribution >= 4 is 17.1 Å². The summed E-state index contributed by atoms with van der Waals surface area (Å²) in [6.07, 6.45) is 0.186. The molecule has 0 amide bonds. The highest BCUT2D eigenvalue weighted by molar-refractivity contribution is 5.74. The number of nitrogens with zero attached hydrogens (tertiary/aromatic N) is 5. The molecule has 120 valence electrons. The van der Waals surface area contributed by atoms with Crippen molar-refractivity contribution in [3.8, 4) is 0 Å². The zero-order valence-electron chi connectivity index (χ0n) is 13.5. The number of hydrogen-bond acceptors (Lipinski definition) is 5. The number of imidazole rings is 1. The van der Waals surface area contributed by atoms with Crippen LogP contribution in [-0.2, 0) is 25.9 Å². The molecule has 8 nitrogen and oxygen atoms in total. The molecular weight excluding hydrogens is 286 g/mol. The summed E-state index contributed by atoms with van der Waals surface area (Å²) >= 11 is 0. The van der Waals surface area contributed by atoms with Gasteiger partial charge in [0.05, 0.1) is 12.2 Å². The summed E-state index contributed by atoms with van der Waals surface area (Å²) in [4.78, 5) is 31.1. The van der Waals surface area contributed by atoms with Crippen LogP contribution in [-0.4, -0.2) is 44.0 Å². The Bertz CT molecular complexity index is 837. The van der Waals surface area contributed by atoms with Crippen molar-refractivity contribution in [1.82, 2.24) is 18.7 Å². The molecule has 0 bridgehead atoms. The molecule has 0 unspecified atom stereocenters. The average molecular weight is 307 g/mol. The number of aryl methyl sites for hydroxylation is 2. The van der Waals surface area contributed by atoms with Gasteiger partial charge in [-0.25, -0.2) is 4.79 Å². The lowest BCUT2D eigenvalue weighted by Gasteiger charge is -2.35. The Morgan fingerprint density at radius 1 is 1.00 bits per heavy atom. The number of aromatic nitrogens is 4. The standard InChI is InChI=1S/C14H21N5O3/c1-8-6-19(7-9(2)22-8)13-15-11-10(16(13)3)12(20)18(5)14(21)17(11)4/h8-9H,6-7H2,1-5H3/t8-,9-/m0/s1. The highest BCUT2D eigenvalue weighted by atomic mass is 16.5. The molecule has 22 heavy (non-hydrogen) atoms. The largest absolute Gasteiger partial charge is 0.372 e. The zero-order chi connectivity index (χ0) is 16.2. The first-order chi connectivity index (χ1) is 10.3. The SMILES string of the molecule is C[C@H]1CN(c2nc3c(c(=O)n(C)c(=O)n3C)n2C)C[C@H](C)O1. The molecule has 0 radical (unpaired) electrons. The molecule has 0 saturated carbocycles. The van der Waals surface area contributed by atoms with Gasteiger partial charge in [-0.2, -0.15) is 4.98 Å². The van der Waals surface area contributed by atoms with Gasteiger partial charge >= 0.3 is 5.69 Å². The van der Waals surface area contributed by atoms with Gasteiger partial charge in [0.15, 0.2) is 11.2 Å². The van der Waals surface area contributed by atoms with Crippen LogP contribution in [0.2, 0.25) is 0 Å². The lowest BCUT2D eigenvalue weighted by molar-refractivity contribution is -0.00583. The molecule has 0 spiro atoms. The van der Waals surface area contributed by atoms with Crippen LogP contribution in [0.3, 0.4) is 0 Å². The summed E-state index contributed by atoms with van der Waals surface area (Å²) in [5.41, 5.74) is 0.156. The van der Waals surface area contributed by atoms with Crippen LogP contribution < -0.4 is 16.1 Å². The molecule has 3 rings (SSSR count). The summed E-state index contributed by atoms with van der Waals surface area (Å²) in [6, 6.07) is 0. The third kappa shape index (κ3) is 2.06.